The summed E-state index contributed by atoms with van der Waals surface area (Å²) in [5, 5.41) is 3.14. The Kier molecular flexibility index (Phi) is 7.44. The zero-order valence-corrected chi connectivity index (χ0v) is 16.7. The van der Waals surface area contributed by atoms with Gasteiger partial charge in [-0.3, -0.25) is 4.79 Å². The predicted molar refractivity (Wildman–Crippen MR) is 109 cm³/mol. The summed E-state index contributed by atoms with van der Waals surface area (Å²) in [6, 6.07) is 13.4. The molecule has 2 aromatic rings. The standard InChI is InChI=1S/C22H28N2O3/c1-6-10-17-13-18(14-20(26-4)21(17)27-5)22(25)23-19(15-24(2)3)16-11-8-7-9-12-16/h6-14,19H,15H2,1-5H3,(H,23,25)/b10-6+. The molecule has 1 N–H and O–H groups in total. The van der Waals surface area contributed by atoms with Crippen LogP contribution in [0.4, 0.5) is 0 Å². The maximum absolute atomic E-state index is 13.0. The maximum atomic E-state index is 13.0. The summed E-state index contributed by atoms with van der Waals surface area (Å²) in [4.78, 5) is 15.0. The highest BCUT2D eigenvalue weighted by Crippen LogP contribution is 2.33. The molecule has 0 bridgehead atoms. The van der Waals surface area contributed by atoms with Crippen molar-refractivity contribution in [3.05, 3.63) is 65.2 Å². The molecule has 0 spiro atoms. The predicted octanol–water partition coefficient (Wildman–Crippen LogP) is 3.77. The van der Waals surface area contributed by atoms with Crippen LogP contribution in [0, 0.1) is 0 Å². The van der Waals surface area contributed by atoms with Crippen LogP contribution in [-0.2, 0) is 0 Å². The summed E-state index contributed by atoms with van der Waals surface area (Å²) >= 11 is 0. The molecule has 1 unspecified atom stereocenters. The number of ether oxygens (including phenoxy) is 2. The van der Waals surface area contributed by atoms with E-state index in [1.165, 1.54) is 0 Å². The summed E-state index contributed by atoms with van der Waals surface area (Å²) in [6.45, 7) is 2.62. The lowest BCUT2D eigenvalue weighted by atomic mass is 10.0. The minimum absolute atomic E-state index is 0.119. The smallest absolute Gasteiger partial charge is 0.251 e. The molecule has 2 aromatic carbocycles. The molecule has 0 aliphatic carbocycles. The van der Waals surface area contributed by atoms with Crippen LogP contribution in [0.2, 0.25) is 0 Å². The normalized spacial score (nSPS) is 12.2. The first-order chi connectivity index (χ1) is 13.0. The van der Waals surface area contributed by atoms with Gasteiger partial charge in [0.15, 0.2) is 11.5 Å². The molecule has 27 heavy (non-hydrogen) atoms. The third-order valence-corrected chi connectivity index (χ3v) is 4.17. The number of benzene rings is 2. The number of carbonyl (C=O) groups excluding carboxylic acids is 1. The zero-order valence-electron chi connectivity index (χ0n) is 16.7. The number of methoxy groups -OCH3 is 2. The molecular weight excluding hydrogens is 340 g/mol. The first-order valence-corrected chi connectivity index (χ1v) is 8.89. The SMILES string of the molecule is C/C=C/c1cc(C(=O)NC(CN(C)C)c2ccccc2)cc(OC)c1OC. The molecule has 0 aromatic heterocycles. The van der Waals surface area contributed by atoms with E-state index in [2.05, 4.69) is 10.2 Å². The second-order valence-electron chi connectivity index (χ2n) is 6.50. The van der Waals surface area contributed by atoms with E-state index < -0.39 is 0 Å². The minimum atomic E-state index is -0.155. The molecular formula is C22H28N2O3. The molecule has 0 saturated heterocycles. The number of nitrogens with zero attached hydrogens (tertiary/aromatic N) is 1. The minimum Gasteiger partial charge on any atom is -0.493 e. The fraction of sp³-hybridized carbons (Fsp3) is 0.318. The topological polar surface area (TPSA) is 50.8 Å². The highest BCUT2D eigenvalue weighted by Gasteiger charge is 2.19. The van der Waals surface area contributed by atoms with Gasteiger partial charge in [-0.2, -0.15) is 0 Å². The number of nitrogens with one attached hydrogen (secondary N) is 1. The summed E-state index contributed by atoms with van der Waals surface area (Å²) < 4.78 is 10.9. The Balaban J connectivity index is 2.36. The molecule has 1 amide bonds. The van der Waals surface area contributed by atoms with Crippen molar-refractivity contribution >= 4 is 12.0 Å². The van der Waals surface area contributed by atoms with E-state index >= 15 is 0 Å². The lowest BCUT2D eigenvalue weighted by Gasteiger charge is -2.23. The number of carbonyl (C=O) groups is 1. The molecule has 2 rings (SSSR count). The molecule has 5 heteroatoms. The largest absolute Gasteiger partial charge is 0.493 e. The van der Waals surface area contributed by atoms with E-state index in [-0.39, 0.29) is 11.9 Å². The van der Waals surface area contributed by atoms with Crippen LogP contribution < -0.4 is 14.8 Å². The van der Waals surface area contributed by atoms with Gasteiger partial charge in [0, 0.05) is 17.7 Å². The second-order valence-corrected chi connectivity index (χ2v) is 6.50. The molecule has 0 radical (unpaired) electrons. The van der Waals surface area contributed by atoms with Gasteiger partial charge in [0.2, 0.25) is 0 Å². The van der Waals surface area contributed by atoms with Crippen molar-refractivity contribution in [3.63, 3.8) is 0 Å². The average molecular weight is 368 g/mol. The highest BCUT2D eigenvalue weighted by atomic mass is 16.5. The molecule has 1 atom stereocenters. The van der Waals surface area contributed by atoms with E-state index in [0.29, 0.717) is 23.6 Å². The molecule has 5 nitrogen and oxygen atoms in total. The van der Waals surface area contributed by atoms with Crippen molar-refractivity contribution < 1.29 is 14.3 Å². The lowest BCUT2D eigenvalue weighted by Crippen LogP contribution is -2.35. The van der Waals surface area contributed by atoms with Crippen LogP contribution in [-0.4, -0.2) is 45.7 Å². The summed E-state index contributed by atoms with van der Waals surface area (Å²) in [5.41, 5.74) is 2.39. The van der Waals surface area contributed by atoms with Crippen molar-refractivity contribution in [2.24, 2.45) is 0 Å². The summed E-state index contributed by atoms with van der Waals surface area (Å²) in [7, 11) is 7.14. The second kappa shape index (κ2) is 9.78. The number of amides is 1. The van der Waals surface area contributed by atoms with E-state index in [1.807, 2.05) is 69.6 Å². The van der Waals surface area contributed by atoms with Crippen LogP contribution in [0.15, 0.2) is 48.5 Å². The fourth-order valence-electron chi connectivity index (χ4n) is 2.95. The van der Waals surface area contributed by atoms with Gasteiger partial charge in [-0.15, -0.1) is 0 Å². The van der Waals surface area contributed by atoms with E-state index in [4.69, 9.17) is 9.47 Å². The van der Waals surface area contributed by atoms with Crippen molar-refractivity contribution in [3.8, 4) is 11.5 Å². The summed E-state index contributed by atoms with van der Waals surface area (Å²) in [6.07, 6.45) is 3.80. The highest BCUT2D eigenvalue weighted by molar-refractivity contribution is 5.96. The molecule has 0 heterocycles. The van der Waals surface area contributed by atoms with Crippen molar-refractivity contribution in [1.29, 1.82) is 0 Å². The number of rotatable bonds is 8. The monoisotopic (exact) mass is 368 g/mol. The zero-order chi connectivity index (χ0) is 19.8. The molecule has 0 fully saturated rings. The van der Waals surface area contributed by atoms with Gasteiger partial charge in [0.05, 0.1) is 20.3 Å². The van der Waals surface area contributed by atoms with Crippen LogP contribution >= 0.6 is 0 Å². The first-order valence-electron chi connectivity index (χ1n) is 8.89. The van der Waals surface area contributed by atoms with E-state index in [1.54, 1.807) is 20.3 Å². The Morgan fingerprint density at radius 1 is 1.15 bits per heavy atom. The molecule has 0 saturated carbocycles. The molecule has 0 aliphatic heterocycles. The number of likely N-dealkylation sites (N-methyl/N-ethyl adjacent to an activating group) is 1. The Bertz CT molecular complexity index is 786. The first kappa shape index (κ1) is 20.5. The fourth-order valence-corrected chi connectivity index (χ4v) is 2.95. The van der Waals surface area contributed by atoms with Crippen LogP contribution in [0.3, 0.4) is 0 Å². The van der Waals surface area contributed by atoms with Crippen LogP contribution in [0.1, 0.15) is 34.5 Å². The van der Waals surface area contributed by atoms with Gasteiger partial charge in [-0.05, 0) is 38.7 Å². The van der Waals surface area contributed by atoms with Gasteiger partial charge in [0.1, 0.15) is 0 Å². The van der Waals surface area contributed by atoms with E-state index in [0.717, 1.165) is 11.1 Å². The Morgan fingerprint density at radius 2 is 1.85 bits per heavy atom. The van der Waals surface area contributed by atoms with Gasteiger partial charge in [-0.25, -0.2) is 0 Å². The molecule has 144 valence electrons. The average Bonchev–Trinajstić information content (AvgIpc) is 2.67. The van der Waals surface area contributed by atoms with Crippen molar-refractivity contribution in [2.45, 2.75) is 13.0 Å². The Morgan fingerprint density at radius 3 is 2.41 bits per heavy atom. The third kappa shape index (κ3) is 5.34. The van der Waals surface area contributed by atoms with Gasteiger partial charge in [-0.1, -0.05) is 42.5 Å². The van der Waals surface area contributed by atoms with Gasteiger partial charge >= 0.3 is 0 Å². The van der Waals surface area contributed by atoms with Gasteiger partial charge in [0.25, 0.3) is 5.91 Å². The Hall–Kier alpha value is -2.79. The van der Waals surface area contributed by atoms with Crippen LogP contribution in [0.25, 0.3) is 6.08 Å². The summed E-state index contributed by atoms with van der Waals surface area (Å²) in [5.74, 6) is 0.986. The van der Waals surface area contributed by atoms with Crippen molar-refractivity contribution in [1.82, 2.24) is 10.2 Å². The Labute approximate surface area is 161 Å². The number of hydrogen-bond acceptors (Lipinski definition) is 4. The third-order valence-electron chi connectivity index (χ3n) is 4.17. The van der Waals surface area contributed by atoms with Crippen molar-refractivity contribution in [2.75, 3.05) is 34.9 Å². The quantitative estimate of drug-likeness (QED) is 0.771. The molecule has 0 aliphatic rings. The van der Waals surface area contributed by atoms with Crippen LogP contribution in [0.5, 0.6) is 11.5 Å². The lowest BCUT2D eigenvalue weighted by molar-refractivity contribution is 0.0929. The van der Waals surface area contributed by atoms with Gasteiger partial charge < -0.3 is 19.7 Å². The number of allylic oxidation sites excluding steroid dienone is 1. The number of hydrogen-bond donors (Lipinski definition) is 1. The maximum Gasteiger partial charge on any atom is 0.251 e. The van der Waals surface area contributed by atoms with E-state index in [9.17, 15) is 4.79 Å².